The van der Waals surface area contributed by atoms with Crippen molar-refractivity contribution < 1.29 is 12.8 Å². The van der Waals surface area contributed by atoms with Gasteiger partial charge in [0.15, 0.2) is 0 Å². The predicted molar refractivity (Wildman–Crippen MR) is 76.1 cm³/mol. The number of benzene rings is 1. The van der Waals surface area contributed by atoms with Crippen molar-refractivity contribution in [2.45, 2.75) is 11.4 Å². The lowest BCUT2D eigenvalue weighted by Gasteiger charge is -2.03. The number of rotatable bonds is 3. The molecule has 0 aliphatic rings. The van der Waals surface area contributed by atoms with E-state index in [1.54, 1.807) is 23.0 Å². The highest BCUT2D eigenvalue weighted by Crippen LogP contribution is 2.29. The SMILES string of the molecule is O=S(=O)(Cl)c1cn(Cc2ncccn2)c2ccc(F)cc12. The summed E-state index contributed by atoms with van der Waals surface area (Å²) >= 11 is 0. The van der Waals surface area contributed by atoms with Crippen molar-refractivity contribution in [3.8, 4) is 0 Å². The van der Waals surface area contributed by atoms with Gasteiger partial charge >= 0.3 is 0 Å². The number of fused-ring (bicyclic) bond motifs is 1. The average molecular weight is 326 g/mol. The lowest BCUT2D eigenvalue weighted by molar-refractivity contribution is 0.609. The van der Waals surface area contributed by atoms with E-state index in [2.05, 4.69) is 9.97 Å². The predicted octanol–water partition coefficient (Wildman–Crippen LogP) is 2.55. The van der Waals surface area contributed by atoms with E-state index in [4.69, 9.17) is 10.7 Å². The molecule has 0 saturated heterocycles. The standard InChI is InChI=1S/C13H9ClFN3O2S/c14-21(19,20)12-7-18(8-13-16-4-1-5-17-13)11-3-2-9(15)6-10(11)12/h1-7H,8H2. The fourth-order valence-corrected chi connectivity index (χ4v) is 3.17. The summed E-state index contributed by atoms with van der Waals surface area (Å²) in [6, 6.07) is 5.59. The third-order valence-corrected chi connectivity index (χ3v) is 4.35. The molecule has 0 unspecified atom stereocenters. The van der Waals surface area contributed by atoms with Crippen LogP contribution in [0.4, 0.5) is 4.39 Å². The van der Waals surface area contributed by atoms with Crippen LogP contribution in [0.5, 0.6) is 0 Å². The zero-order valence-electron chi connectivity index (χ0n) is 10.6. The molecule has 0 aliphatic carbocycles. The third-order valence-electron chi connectivity index (χ3n) is 3.00. The summed E-state index contributed by atoms with van der Waals surface area (Å²) in [6.45, 7) is 0.259. The van der Waals surface area contributed by atoms with Crippen LogP contribution in [-0.4, -0.2) is 23.0 Å². The minimum Gasteiger partial charge on any atom is -0.338 e. The number of hydrogen-bond donors (Lipinski definition) is 0. The molecule has 1 aromatic carbocycles. The molecule has 0 spiro atoms. The van der Waals surface area contributed by atoms with Crippen LogP contribution in [0.15, 0.2) is 47.8 Å². The van der Waals surface area contributed by atoms with E-state index in [1.807, 2.05) is 0 Å². The molecule has 3 rings (SSSR count). The van der Waals surface area contributed by atoms with Crippen molar-refractivity contribution in [3.63, 3.8) is 0 Å². The second kappa shape index (κ2) is 5.09. The molecule has 5 nitrogen and oxygen atoms in total. The van der Waals surface area contributed by atoms with Gasteiger partial charge in [-0.3, -0.25) is 0 Å². The highest BCUT2D eigenvalue weighted by Gasteiger charge is 2.19. The van der Waals surface area contributed by atoms with Gasteiger partial charge in [0, 0.05) is 34.7 Å². The Kier molecular flexibility index (Phi) is 3.38. The maximum Gasteiger partial charge on any atom is 0.263 e. The quantitative estimate of drug-likeness (QED) is 0.694. The maximum atomic E-state index is 13.4. The molecule has 2 heterocycles. The van der Waals surface area contributed by atoms with Crippen LogP contribution in [0.3, 0.4) is 0 Å². The van der Waals surface area contributed by atoms with E-state index < -0.39 is 14.9 Å². The maximum absolute atomic E-state index is 13.4. The minimum absolute atomic E-state index is 0.130. The molecule has 0 radical (unpaired) electrons. The molecule has 0 amide bonds. The Morgan fingerprint density at radius 1 is 1.24 bits per heavy atom. The first-order valence-corrected chi connectivity index (χ1v) is 8.25. The van der Waals surface area contributed by atoms with Gasteiger partial charge in [-0.1, -0.05) is 0 Å². The van der Waals surface area contributed by atoms with Gasteiger partial charge in [-0.15, -0.1) is 0 Å². The molecule has 0 saturated carbocycles. The lowest BCUT2D eigenvalue weighted by Crippen LogP contribution is -2.02. The molecule has 108 valence electrons. The number of aromatic nitrogens is 3. The van der Waals surface area contributed by atoms with Crippen LogP contribution in [0.2, 0.25) is 0 Å². The third kappa shape index (κ3) is 2.74. The number of nitrogens with zero attached hydrogens (tertiary/aromatic N) is 3. The van der Waals surface area contributed by atoms with E-state index in [9.17, 15) is 12.8 Å². The zero-order chi connectivity index (χ0) is 15.0. The van der Waals surface area contributed by atoms with Gasteiger partial charge < -0.3 is 4.57 Å². The van der Waals surface area contributed by atoms with Crippen molar-refractivity contribution >= 4 is 30.6 Å². The Bertz CT molecular complexity index is 910. The number of hydrogen-bond acceptors (Lipinski definition) is 4. The van der Waals surface area contributed by atoms with Gasteiger partial charge in [-0.25, -0.2) is 22.8 Å². The summed E-state index contributed by atoms with van der Waals surface area (Å²) in [5, 5.41) is 0.237. The Morgan fingerprint density at radius 3 is 2.62 bits per heavy atom. The van der Waals surface area contributed by atoms with E-state index in [-0.39, 0.29) is 16.8 Å². The molecule has 0 bridgehead atoms. The summed E-state index contributed by atoms with van der Waals surface area (Å²) in [5.74, 6) is -0.0185. The summed E-state index contributed by atoms with van der Waals surface area (Å²) in [5.41, 5.74) is 0.545. The zero-order valence-corrected chi connectivity index (χ0v) is 12.1. The molecule has 2 aromatic heterocycles. The Morgan fingerprint density at radius 2 is 1.95 bits per heavy atom. The smallest absolute Gasteiger partial charge is 0.263 e. The molecule has 21 heavy (non-hydrogen) atoms. The molecular formula is C13H9ClFN3O2S. The van der Waals surface area contributed by atoms with Crippen LogP contribution in [-0.2, 0) is 15.6 Å². The van der Waals surface area contributed by atoms with Gasteiger partial charge in [0.2, 0.25) is 0 Å². The second-order valence-electron chi connectivity index (χ2n) is 4.39. The van der Waals surface area contributed by atoms with E-state index in [1.165, 1.54) is 18.3 Å². The molecule has 0 aliphatic heterocycles. The largest absolute Gasteiger partial charge is 0.338 e. The topological polar surface area (TPSA) is 64.8 Å². The first-order chi connectivity index (χ1) is 9.95. The highest BCUT2D eigenvalue weighted by atomic mass is 35.7. The Balaban J connectivity index is 2.20. The molecule has 0 fully saturated rings. The van der Waals surface area contributed by atoms with Crippen LogP contribution in [0, 0.1) is 5.82 Å². The normalized spacial score (nSPS) is 11.9. The van der Waals surface area contributed by atoms with E-state index in [0.29, 0.717) is 11.3 Å². The fourth-order valence-electron chi connectivity index (χ4n) is 2.13. The van der Waals surface area contributed by atoms with Gasteiger partial charge in [-0.2, -0.15) is 0 Å². The second-order valence-corrected chi connectivity index (χ2v) is 6.92. The minimum atomic E-state index is -3.97. The van der Waals surface area contributed by atoms with Crippen molar-refractivity contribution in [2.75, 3.05) is 0 Å². The summed E-state index contributed by atoms with van der Waals surface area (Å²) in [6.07, 6.45) is 4.54. The van der Waals surface area contributed by atoms with Crippen molar-refractivity contribution in [2.24, 2.45) is 0 Å². The molecule has 3 aromatic rings. The summed E-state index contributed by atoms with van der Waals surface area (Å²) < 4.78 is 38.2. The fraction of sp³-hybridized carbons (Fsp3) is 0.0769. The summed E-state index contributed by atoms with van der Waals surface area (Å²) in [4.78, 5) is 8.03. The Hall–Kier alpha value is -1.99. The van der Waals surface area contributed by atoms with Gasteiger partial charge in [-0.05, 0) is 24.3 Å². The monoisotopic (exact) mass is 325 g/mol. The van der Waals surface area contributed by atoms with Crippen molar-refractivity contribution in [3.05, 3.63) is 54.5 Å². The van der Waals surface area contributed by atoms with E-state index in [0.717, 1.165) is 6.07 Å². The first kappa shape index (κ1) is 14.0. The summed E-state index contributed by atoms with van der Waals surface area (Å²) in [7, 11) is 1.44. The van der Waals surface area contributed by atoms with Crippen LogP contribution < -0.4 is 0 Å². The van der Waals surface area contributed by atoms with Crippen LogP contribution >= 0.6 is 10.7 Å². The van der Waals surface area contributed by atoms with Gasteiger partial charge in [0.25, 0.3) is 9.05 Å². The average Bonchev–Trinajstić information content (AvgIpc) is 2.78. The number of halogens is 2. The van der Waals surface area contributed by atoms with Crippen LogP contribution in [0.1, 0.15) is 5.82 Å². The molecule has 8 heteroatoms. The van der Waals surface area contributed by atoms with Gasteiger partial charge in [0.05, 0.1) is 12.1 Å². The first-order valence-electron chi connectivity index (χ1n) is 5.94. The van der Waals surface area contributed by atoms with Crippen molar-refractivity contribution in [1.82, 2.24) is 14.5 Å². The highest BCUT2D eigenvalue weighted by molar-refractivity contribution is 8.14. The molecule has 0 atom stereocenters. The van der Waals surface area contributed by atoms with Gasteiger partial charge in [0.1, 0.15) is 16.5 Å². The molecule has 0 N–H and O–H groups in total. The lowest BCUT2D eigenvalue weighted by atomic mass is 10.2. The van der Waals surface area contributed by atoms with E-state index >= 15 is 0 Å². The molecular weight excluding hydrogens is 317 g/mol. The van der Waals surface area contributed by atoms with Crippen LogP contribution in [0.25, 0.3) is 10.9 Å². The Labute approximate surface area is 124 Å². The van der Waals surface area contributed by atoms with Crippen molar-refractivity contribution in [1.29, 1.82) is 0 Å².